The van der Waals surface area contributed by atoms with Gasteiger partial charge in [0.25, 0.3) is 0 Å². The zero-order chi connectivity index (χ0) is 14.0. The minimum Gasteiger partial charge on any atom is -0.478 e. The molecule has 0 aliphatic carbocycles. The number of halogens is 1. The Labute approximate surface area is 120 Å². The van der Waals surface area contributed by atoms with Crippen LogP contribution in [0.2, 0.25) is 5.15 Å². The number of hydrogen-bond acceptors (Lipinski definition) is 4. The predicted molar refractivity (Wildman–Crippen MR) is 77.3 cm³/mol. The zero-order valence-corrected chi connectivity index (χ0v) is 12.0. The Morgan fingerprint density at radius 3 is 2.74 bits per heavy atom. The quantitative estimate of drug-likeness (QED) is 0.838. The van der Waals surface area contributed by atoms with Crippen LogP contribution in [0.1, 0.15) is 33.1 Å². The number of aromatic carboxylic acids is 1. The van der Waals surface area contributed by atoms with Gasteiger partial charge in [-0.2, -0.15) is 0 Å². The topological polar surface area (TPSA) is 62.2 Å². The first-order valence-corrected chi connectivity index (χ1v) is 6.89. The maximum atomic E-state index is 11.1. The number of carbonyl (C=O) groups is 1. The van der Waals surface area contributed by atoms with Crippen LogP contribution in [0.25, 0.3) is 0 Å². The number of anilines is 1. The molecule has 0 aliphatic heterocycles. The summed E-state index contributed by atoms with van der Waals surface area (Å²) < 4.78 is 0. The molecule has 1 unspecified atom stereocenters. The summed E-state index contributed by atoms with van der Waals surface area (Å²) in [6.45, 7) is 3.99. The monoisotopic (exact) mass is 296 g/mol. The van der Waals surface area contributed by atoms with E-state index in [2.05, 4.69) is 10.3 Å². The maximum Gasteiger partial charge on any atom is 0.339 e. The number of aryl methyl sites for hydroxylation is 1. The highest BCUT2D eigenvalue weighted by molar-refractivity contribution is 7.12. The largest absolute Gasteiger partial charge is 0.478 e. The van der Waals surface area contributed by atoms with E-state index in [0.29, 0.717) is 5.82 Å². The van der Waals surface area contributed by atoms with Gasteiger partial charge < -0.3 is 10.4 Å². The summed E-state index contributed by atoms with van der Waals surface area (Å²) in [5.74, 6) is -0.736. The third-order valence-electron chi connectivity index (χ3n) is 2.63. The Morgan fingerprint density at radius 1 is 1.42 bits per heavy atom. The van der Waals surface area contributed by atoms with Crippen molar-refractivity contribution < 1.29 is 9.90 Å². The Balaban J connectivity index is 2.27. The van der Waals surface area contributed by atoms with E-state index < -0.39 is 5.97 Å². The first-order chi connectivity index (χ1) is 8.97. The second-order valence-electron chi connectivity index (χ2n) is 4.15. The number of nitrogens with one attached hydrogen (secondary N) is 1. The number of nitrogens with zero attached hydrogens (tertiary/aromatic N) is 1. The lowest BCUT2D eigenvalue weighted by molar-refractivity contribution is 0.0697. The minimum absolute atomic E-state index is 0.0252. The van der Waals surface area contributed by atoms with E-state index in [1.165, 1.54) is 17.0 Å². The molecule has 2 N–H and O–H groups in total. The lowest BCUT2D eigenvalue weighted by atomic mass is 10.2. The van der Waals surface area contributed by atoms with Gasteiger partial charge in [-0.15, -0.1) is 11.3 Å². The second kappa shape index (κ2) is 5.59. The van der Waals surface area contributed by atoms with Crippen LogP contribution >= 0.6 is 22.9 Å². The van der Waals surface area contributed by atoms with Gasteiger partial charge in [-0.3, -0.25) is 0 Å². The van der Waals surface area contributed by atoms with Crippen LogP contribution in [-0.2, 0) is 0 Å². The molecule has 100 valence electrons. The van der Waals surface area contributed by atoms with Crippen LogP contribution in [0.15, 0.2) is 24.3 Å². The number of carboxylic acid groups (broad SMARTS) is 1. The van der Waals surface area contributed by atoms with Crippen LogP contribution in [0.5, 0.6) is 0 Å². The van der Waals surface area contributed by atoms with Crippen LogP contribution < -0.4 is 5.32 Å². The number of rotatable bonds is 4. The van der Waals surface area contributed by atoms with Gasteiger partial charge >= 0.3 is 5.97 Å². The van der Waals surface area contributed by atoms with Crippen molar-refractivity contribution in [3.8, 4) is 0 Å². The summed E-state index contributed by atoms with van der Waals surface area (Å²) in [6, 6.07) is 6.94. The van der Waals surface area contributed by atoms with E-state index in [0.717, 1.165) is 4.88 Å². The zero-order valence-electron chi connectivity index (χ0n) is 10.5. The summed E-state index contributed by atoms with van der Waals surface area (Å²) >= 11 is 7.48. The molecule has 0 radical (unpaired) electrons. The molecule has 0 aliphatic rings. The average molecular weight is 297 g/mol. The molecule has 4 nitrogen and oxygen atoms in total. The fourth-order valence-corrected chi connectivity index (χ4v) is 2.71. The molecule has 2 aromatic rings. The van der Waals surface area contributed by atoms with Gasteiger partial charge in [0, 0.05) is 9.75 Å². The van der Waals surface area contributed by atoms with Crippen molar-refractivity contribution in [3.63, 3.8) is 0 Å². The summed E-state index contributed by atoms with van der Waals surface area (Å²) in [5, 5.41) is 12.5. The van der Waals surface area contributed by atoms with E-state index in [9.17, 15) is 4.79 Å². The lowest BCUT2D eigenvalue weighted by Gasteiger charge is -2.14. The number of carboxylic acids is 1. The van der Waals surface area contributed by atoms with Crippen molar-refractivity contribution in [2.24, 2.45) is 0 Å². The summed E-state index contributed by atoms with van der Waals surface area (Å²) in [4.78, 5) is 17.5. The fourth-order valence-electron chi connectivity index (χ4n) is 1.68. The normalized spacial score (nSPS) is 12.2. The Hall–Kier alpha value is -1.59. The van der Waals surface area contributed by atoms with Gasteiger partial charge in [0.15, 0.2) is 0 Å². The molecule has 2 aromatic heterocycles. The lowest BCUT2D eigenvalue weighted by Crippen LogP contribution is -2.11. The molecule has 0 saturated heterocycles. The molecule has 0 saturated carbocycles. The summed E-state index contributed by atoms with van der Waals surface area (Å²) in [5.41, 5.74) is 0.115. The van der Waals surface area contributed by atoms with Crippen molar-refractivity contribution in [2.45, 2.75) is 19.9 Å². The smallest absolute Gasteiger partial charge is 0.339 e. The van der Waals surface area contributed by atoms with E-state index in [-0.39, 0.29) is 16.8 Å². The van der Waals surface area contributed by atoms with Crippen molar-refractivity contribution in [2.75, 3.05) is 5.32 Å². The van der Waals surface area contributed by atoms with Crippen molar-refractivity contribution >= 4 is 34.7 Å². The number of thiophene rings is 1. The van der Waals surface area contributed by atoms with Crippen LogP contribution in [0.3, 0.4) is 0 Å². The van der Waals surface area contributed by atoms with E-state index in [1.807, 2.05) is 26.0 Å². The SMILES string of the molecule is Cc1ccc(C(C)Nc2nc(Cl)ccc2C(=O)O)s1. The number of aromatic nitrogens is 1. The molecule has 2 heterocycles. The Morgan fingerprint density at radius 2 is 2.16 bits per heavy atom. The van der Waals surface area contributed by atoms with Crippen LogP contribution in [-0.4, -0.2) is 16.1 Å². The molecule has 0 amide bonds. The maximum absolute atomic E-state index is 11.1. The Bertz CT molecular complexity index is 612. The molecule has 19 heavy (non-hydrogen) atoms. The van der Waals surface area contributed by atoms with E-state index >= 15 is 0 Å². The van der Waals surface area contributed by atoms with Gasteiger partial charge in [0.2, 0.25) is 0 Å². The van der Waals surface area contributed by atoms with E-state index in [1.54, 1.807) is 11.3 Å². The molecule has 0 bridgehead atoms. The highest BCUT2D eigenvalue weighted by Gasteiger charge is 2.15. The van der Waals surface area contributed by atoms with Crippen LogP contribution in [0, 0.1) is 6.92 Å². The van der Waals surface area contributed by atoms with Gasteiger partial charge in [-0.25, -0.2) is 9.78 Å². The first kappa shape index (κ1) is 13.8. The van der Waals surface area contributed by atoms with Gasteiger partial charge in [-0.05, 0) is 38.1 Å². The van der Waals surface area contributed by atoms with E-state index in [4.69, 9.17) is 16.7 Å². The third kappa shape index (κ3) is 3.24. The van der Waals surface area contributed by atoms with Gasteiger partial charge in [0.1, 0.15) is 16.5 Å². The molecule has 0 aromatic carbocycles. The highest BCUT2D eigenvalue weighted by atomic mass is 35.5. The summed E-state index contributed by atoms with van der Waals surface area (Å²) in [6.07, 6.45) is 0. The average Bonchev–Trinajstić information content (AvgIpc) is 2.75. The fraction of sp³-hybridized carbons (Fsp3) is 0.231. The van der Waals surface area contributed by atoms with Crippen LogP contribution in [0.4, 0.5) is 5.82 Å². The van der Waals surface area contributed by atoms with Gasteiger partial charge in [-0.1, -0.05) is 11.6 Å². The predicted octanol–water partition coefficient (Wildman–Crippen LogP) is 3.98. The molecule has 6 heteroatoms. The minimum atomic E-state index is -1.03. The summed E-state index contributed by atoms with van der Waals surface area (Å²) in [7, 11) is 0. The van der Waals surface area contributed by atoms with Crippen molar-refractivity contribution in [1.29, 1.82) is 0 Å². The van der Waals surface area contributed by atoms with Gasteiger partial charge in [0.05, 0.1) is 6.04 Å². The third-order valence-corrected chi connectivity index (χ3v) is 4.03. The molecule has 2 rings (SSSR count). The number of pyridine rings is 1. The first-order valence-electron chi connectivity index (χ1n) is 5.70. The molecule has 1 atom stereocenters. The Kier molecular flexibility index (Phi) is 4.07. The highest BCUT2D eigenvalue weighted by Crippen LogP contribution is 2.27. The second-order valence-corrected chi connectivity index (χ2v) is 5.86. The van der Waals surface area contributed by atoms with Crippen molar-refractivity contribution in [3.05, 3.63) is 44.7 Å². The molecular formula is C13H13ClN2O2S. The molecule has 0 fully saturated rings. The standard InChI is InChI=1S/C13H13ClN2O2S/c1-7-3-5-10(19-7)8(2)15-12-9(13(17)18)4-6-11(14)16-12/h3-6,8H,1-2H3,(H,15,16)(H,17,18). The van der Waals surface area contributed by atoms with Crippen molar-refractivity contribution in [1.82, 2.24) is 4.98 Å². The molecule has 0 spiro atoms. The molecular weight excluding hydrogens is 284 g/mol. The number of hydrogen-bond donors (Lipinski definition) is 2.